The summed E-state index contributed by atoms with van der Waals surface area (Å²) in [6, 6.07) is 3.33. The summed E-state index contributed by atoms with van der Waals surface area (Å²) in [5.74, 6) is -0.616. The number of aryl methyl sites for hydroxylation is 1. The summed E-state index contributed by atoms with van der Waals surface area (Å²) in [6.07, 6.45) is -0.419. The van der Waals surface area contributed by atoms with Crippen molar-refractivity contribution in [3.05, 3.63) is 75.3 Å². The third-order valence-electron chi connectivity index (χ3n) is 5.75. The molecule has 0 aliphatic carbocycles. The highest BCUT2D eigenvalue weighted by Gasteiger charge is 2.34. The Hall–Kier alpha value is -4.17. The first-order valence-corrected chi connectivity index (χ1v) is 12.4. The normalized spacial score (nSPS) is 12.8. The summed E-state index contributed by atoms with van der Waals surface area (Å²) in [7, 11) is 1.48. The Balaban J connectivity index is 1.32. The number of nitrogens with zero attached hydrogens (tertiary/aromatic N) is 6. The van der Waals surface area contributed by atoms with Gasteiger partial charge in [-0.1, -0.05) is 22.9 Å². The van der Waals surface area contributed by atoms with Gasteiger partial charge in [-0.15, -0.1) is 0 Å². The summed E-state index contributed by atoms with van der Waals surface area (Å²) >= 11 is 7.28. The fourth-order valence-electron chi connectivity index (χ4n) is 3.90. The molecule has 1 N–H and O–H groups in total. The van der Waals surface area contributed by atoms with Gasteiger partial charge in [0, 0.05) is 23.0 Å². The molecule has 15 heteroatoms. The van der Waals surface area contributed by atoms with Crippen molar-refractivity contribution in [3.8, 4) is 16.9 Å². The van der Waals surface area contributed by atoms with Crippen LogP contribution in [-0.4, -0.2) is 48.7 Å². The lowest BCUT2D eigenvalue weighted by Gasteiger charge is -2.15. The Bertz CT molecular complexity index is 1570. The van der Waals surface area contributed by atoms with Crippen LogP contribution in [0.1, 0.15) is 42.8 Å². The quantitative estimate of drug-likeness (QED) is 0.337. The van der Waals surface area contributed by atoms with Gasteiger partial charge >= 0.3 is 6.18 Å². The fraction of sp³-hybridized carbons (Fsp3) is 0.208. The van der Waals surface area contributed by atoms with Crippen molar-refractivity contribution in [3.63, 3.8) is 0 Å². The number of pyridine rings is 2. The molecule has 0 spiro atoms. The molecule has 0 atom stereocenters. The van der Waals surface area contributed by atoms with E-state index < -0.39 is 23.7 Å². The van der Waals surface area contributed by atoms with Gasteiger partial charge in [-0.3, -0.25) is 19.9 Å². The van der Waals surface area contributed by atoms with Crippen molar-refractivity contribution < 1.29 is 27.5 Å². The van der Waals surface area contributed by atoms with Crippen LogP contribution in [-0.2, 0) is 19.3 Å². The molecule has 1 aliphatic heterocycles. The van der Waals surface area contributed by atoms with E-state index in [4.69, 9.17) is 16.3 Å². The molecule has 10 nitrogen and oxygen atoms in total. The number of carbonyl (C=O) groups is 2. The molecule has 5 heterocycles. The highest BCUT2D eigenvalue weighted by molar-refractivity contribution is 7.16. The predicted molar refractivity (Wildman–Crippen MR) is 134 cm³/mol. The second-order valence-electron chi connectivity index (χ2n) is 8.37. The Kier molecular flexibility index (Phi) is 6.91. The van der Waals surface area contributed by atoms with Gasteiger partial charge in [0.1, 0.15) is 16.6 Å². The van der Waals surface area contributed by atoms with E-state index in [-0.39, 0.29) is 29.5 Å². The summed E-state index contributed by atoms with van der Waals surface area (Å²) in [5, 5.41) is 3.32. The molecule has 4 aromatic rings. The van der Waals surface area contributed by atoms with Crippen LogP contribution in [0.3, 0.4) is 0 Å². The molecule has 5 rings (SSSR count). The van der Waals surface area contributed by atoms with E-state index >= 15 is 0 Å². The van der Waals surface area contributed by atoms with E-state index in [0.29, 0.717) is 39.6 Å². The standard InChI is InChI=1S/C24H17ClF3N7O3S/c1-11-3-12(13-4-20(25)32-7-17(13)38-2)14(5-29-11)21(36)34-23-33-16-9-35(10-18(16)39-23)22(37)15-6-31-19(8-30-15)24(26,27)28/h3-8H,9-10H2,1-2H3,(H,33,34,36). The lowest BCUT2D eigenvalue weighted by molar-refractivity contribution is -0.141. The number of methoxy groups -OCH3 is 1. The second kappa shape index (κ2) is 10.2. The maximum Gasteiger partial charge on any atom is 0.434 e. The zero-order chi connectivity index (χ0) is 27.9. The van der Waals surface area contributed by atoms with Crippen molar-refractivity contribution in [2.45, 2.75) is 26.2 Å². The van der Waals surface area contributed by atoms with Crippen LogP contribution in [0.25, 0.3) is 11.1 Å². The van der Waals surface area contributed by atoms with Crippen LogP contribution in [0.15, 0.2) is 36.9 Å². The Morgan fingerprint density at radius 3 is 2.51 bits per heavy atom. The van der Waals surface area contributed by atoms with Crippen LogP contribution in [0.4, 0.5) is 18.3 Å². The third kappa shape index (κ3) is 5.38. The van der Waals surface area contributed by atoms with Crippen molar-refractivity contribution in [1.29, 1.82) is 0 Å². The van der Waals surface area contributed by atoms with E-state index in [1.165, 1.54) is 35.7 Å². The average molecular weight is 576 g/mol. The first-order valence-electron chi connectivity index (χ1n) is 11.2. The summed E-state index contributed by atoms with van der Waals surface area (Å²) in [4.78, 5) is 47.7. The Labute approximate surface area is 227 Å². The molecule has 0 unspecified atom stereocenters. The van der Waals surface area contributed by atoms with Crippen molar-refractivity contribution in [2.75, 3.05) is 12.4 Å². The maximum absolute atomic E-state index is 13.3. The molecule has 1 aliphatic rings. The summed E-state index contributed by atoms with van der Waals surface area (Å²) < 4.78 is 43.6. The minimum absolute atomic E-state index is 0.104. The highest BCUT2D eigenvalue weighted by Crippen LogP contribution is 2.36. The minimum atomic E-state index is -4.65. The average Bonchev–Trinajstić information content (AvgIpc) is 3.46. The number of carbonyl (C=O) groups excluding carboxylic acids is 2. The fourth-order valence-corrected chi connectivity index (χ4v) is 5.04. The largest absolute Gasteiger partial charge is 0.494 e. The number of amides is 2. The molecule has 200 valence electrons. The molecular weight excluding hydrogens is 559 g/mol. The topological polar surface area (TPSA) is 123 Å². The van der Waals surface area contributed by atoms with Crippen molar-refractivity contribution in [2.24, 2.45) is 0 Å². The number of hydrogen-bond acceptors (Lipinski definition) is 9. The number of nitrogens with one attached hydrogen (secondary N) is 1. The van der Waals surface area contributed by atoms with E-state index in [1.807, 2.05) is 0 Å². The number of ether oxygens (including phenoxy) is 1. The molecule has 0 radical (unpaired) electrons. The molecule has 4 aromatic heterocycles. The number of rotatable bonds is 5. The van der Waals surface area contributed by atoms with Gasteiger partial charge in [-0.05, 0) is 19.1 Å². The van der Waals surface area contributed by atoms with E-state index in [0.717, 1.165) is 11.1 Å². The van der Waals surface area contributed by atoms with Gasteiger partial charge in [0.25, 0.3) is 11.8 Å². The number of halogens is 4. The summed E-state index contributed by atoms with van der Waals surface area (Å²) in [6.45, 7) is 2.05. The van der Waals surface area contributed by atoms with Crippen LogP contribution < -0.4 is 10.1 Å². The van der Waals surface area contributed by atoms with E-state index in [1.54, 1.807) is 19.1 Å². The molecule has 0 fully saturated rings. The van der Waals surface area contributed by atoms with Gasteiger partial charge in [0.15, 0.2) is 10.8 Å². The first kappa shape index (κ1) is 26.4. The second-order valence-corrected chi connectivity index (χ2v) is 9.84. The van der Waals surface area contributed by atoms with E-state index in [2.05, 4.69) is 30.2 Å². The first-order chi connectivity index (χ1) is 18.5. The molecular formula is C24H17ClF3N7O3S. The van der Waals surface area contributed by atoms with Crippen LogP contribution in [0.5, 0.6) is 5.75 Å². The predicted octanol–water partition coefficient (Wildman–Crippen LogP) is 4.79. The number of thiazole rings is 1. The molecule has 0 aromatic carbocycles. The lowest BCUT2D eigenvalue weighted by Crippen LogP contribution is -2.27. The lowest BCUT2D eigenvalue weighted by atomic mass is 10.0. The van der Waals surface area contributed by atoms with Crippen molar-refractivity contribution >= 4 is 39.9 Å². The highest BCUT2D eigenvalue weighted by atomic mass is 35.5. The number of fused-ring (bicyclic) bond motifs is 1. The summed E-state index contributed by atoms with van der Waals surface area (Å²) in [5.41, 5.74) is 1.21. The minimum Gasteiger partial charge on any atom is -0.494 e. The molecule has 0 saturated heterocycles. The number of alkyl halides is 3. The SMILES string of the molecule is COc1cnc(Cl)cc1-c1cc(C)ncc1C(=O)Nc1nc2c(s1)CN(C(=O)c1cnc(C(F)(F)F)cn1)C2. The zero-order valence-electron chi connectivity index (χ0n) is 20.2. The van der Waals surface area contributed by atoms with Crippen LogP contribution in [0.2, 0.25) is 5.15 Å². The van der Waals surface area contributed by atoms with Gasteiger partial charge in [-0.25, -0.2) is 19.9 Å². The monoisotopic (exact) mass is 575 g/mol. The Morgan fingerprint density at radius 1 is 1.05 bits per heavy atom. The van der Waals surface area contributed by atoms with Crippen molar-refractivity contribution in [1.82, 2.24) is 29.8 Å². The Morgan fingerprint density at radius 2 is 1.85 bits per heavy atom. The van der Waals surface area contributed by atoms with Gasteiger partial charge in [-0.2, -0.15) is 13.2 Å². The number of anilines is 1. The van der Waals surface area contributed by atoms with Gasteiger partial charge < -0.3 is 9.64 Å². The van der Waals surface area contributed by atoms with Crippen LogP contribution in [0, 0.1) is 6.92 Å². The van der Waals surface area contributed by atoms with Gasteiger partial charge in [0.2, 0.25) is 0 Å². The maximum atomic E-state index is 13.3. The zero-order valence-corrected chi connectivity index (χ0v) is 21.8. The van der Waals surface area contributed by atoms with Crippen LogP contribution >= 0.6 is 22.9 Å². The van der Waals surface area contributed by atoms with E-state index in [9.17, 15) is 22.8 Å². The molecule has 0 bridgehead atoms. The molecule has 39 heavy (non-hydrogen) atoms. The third-order valence-corrected chi connectivity index (χ3v) is 6.96. The molecule has 2 amide bonds. The number of hydrogen-bond donors (Lipinski definition) is 1. The smallest absolute Gasteiger partial charge is 0.434 e. The number of aromatic nitrogens is 5. The molecule has 0 saturated carbocycles. The van der Waals surface area contributed by atoms with Gasteiger partial charge in [0.05, 0.1) is 54.9 Å².